The average Bonchev–Trinajstić information content (AvgIpc) is 2.77. The minimum absolute atomic E-state index is 0.0522. The van der Waals surface area contributed by atoms with E-state index in [9.17, 15) is 4.79 Å². The van der Waals surface area contributed by atoms with Crippen molar-refractivity contribution in [1.82, 2.24) is 24.9 Å². The number of fused-ring (bicyclic) bond motifs is 1. The smallest absolute Gasteiger partial charge is 0.255 e. The highest BCUT2D eigenvalue weighted by molar-refractivity contribution is 5.75. The second kappa shape index (κ2) is 5.77. The number of nitrogens with zero attached hydrogens (tertiary/aromatic N) is 4. The molecule has 2 aromatic rings. The fraction of sp³-hybridized carbons (Fsp3) is 0.538. The number of hydrogen-bond donors (Lipinski definition) is 1. The Morgan fingerprint density at radius 2 is 2.16 bits per heavy atom. The van der Waals surface area contributed by atoms with Crippen molar-refractivity contribution in [2.45, 2.75) is 46.6 Å². The molecule has 0 spiro atoms. The quantitative estimate of drug-likeness (QED) is 0.886. The Balaban J connectivity index is 2.11. The predicted octanol–water partition coefficient (Wildman–Crippen LogP) is 1.55. The van der Waals surface area contributed by atoms with Gasteiger partial charge in [-0.05, 0) is 26.3 Å². The zero-order chi connectivity index (χ0) is 13.8. The molecule has 19 heavy (non-hydrogen) atoms. The molecule has 0 radical (unpaired) electrons. The Hall–Kier alpha value is -1.98. The van der Waals surface area contributed by atoms with Crippen LogP contribution in [0.15, 0.2) is 6.07 Å². The molecule has 0 saturated carbocycles. The average molecular weight is 261 g/mol. The number of rotatable bonds is 5. The minimum Gasteiger partial charge on any atom is -0.349 e. The molecule has 2 heterocycles. The molecule has 2 rings (SSSR count). The predicted molar refractivity (Wildman–Crippen MR) is 71.6 cm³/mol. The van der Waals surface area contributed by atoms with Gasteiger partial charge in [-0.15, -0.1) is 10.2 Å². The normalized spacial score (nSPS) is 10.9. The lowest BCUT2D eigenvalue weighted by Crippen LogP contribution is -2.23. The van der Waals surface area contributed by atoms with Crippen LogP contribution in [0.4, 0.5) is 0 Å². The van der Waals surface area contributed by atoms with Crippen LogP contribution in [0.1, 0.15) is 43.4 Å². The van der Waals surface area contributed by atoms with E-state index in [2.05, 4.69) is 27.4 Å². The number of aromatic nitrogens is 4. The van der Waals surface area contributed by atoms with E-state index >= 15 is 0 Å². The van der Waals surface area contributed by atoms with E-state index in [1.165, 1.54) is 0 Å². The number of aryl methyl sites for hydroxylation is 2. The zero-order valence-electron chi connectivity index (χ0n) is 11.6. The van der Waals surface area contributed by atoms with Gasteiger partial charge in [0.2, 0.25) is 5.91 Å². The highest BCUT2D eigenvalue weighted by atomic mass is 16.1. The van der Waals surface area contributed by atoms with Crippen LogP contribution in [-0.4, -0.2) is 25.5 Å². The molecule has 1 N–H and O–H groups in total. The molecule has 0 aromatic carbocycles. The van der Waals surface area contributed by atoms with Crippen LogP contribution in [0.5, 0.6) is 0 Å². The van der Waals surface area contributed by atoms with Gasteiger partial charge in [0.25, 0.3) is 5.78 Å². The van der Waals surface area contributed by atoms with Gasteiger partial charge in [-0.2, -0.15) is 0 Å². The van der Waals surface area contributed by atoms with Crippen LogP contribution in [0, 0.1) is 13.8 Å². The van der Waals surface area contributed by atoms with Crippen molar-refractivity contribution in [3.8, 4) is 0 Å². The number of unbranched alkanes of at least 4 members (excludes halogenated alkanes) is 1. The fourth-order valence-electron chi connectivity index (χ4n) is 2.02. The van der Waals surface area contributed by atoms with Gasteiger partial charge in [0.1, 0.15) is 0 Å². The third-order valence-electron chi connectivity index (χ3n) is 2.96. The summed E-state index contributed by atoms with van der Waals surface area (Å²) in [6.07, 6.45) is 2.49. The lowest BCUT2D eigenvalue weighted by molar-refractivity contribution is -0.121. The maximum Gasteiger partial charge on any atom is 0.255 e. The number of nitrogens with one attached hydrogen (secondary N) is 1. The van der Waals surface area contributed by atoms with Gasteiger partial charge >= 0.3 is 0 Å². The van der Waals surface area contributed by atoms with Crippen LogP contribution in [-0.2, 0) is 11.3 Å². The lowest BCUT2D eigenvalue weighted by atomic mass is 10.2. The molecule has 0 saturated heterocycles. The Labute approximate surface area is 112 Å². The number of hydrogen-bond acceptors (Lipinski definition) is 4. The topological polar surface area (TPSA) is 72.2 Å². The first-order valence-electron chi connectivity index (χ1n) is 6.56. The van der Waals surface area contributed by atoms with Gasteiger partial charge in [-0.3, -0.25) is 9.20 Å². The van der Waals surface area contributed by atoms with Crippen molar-refractivity contribution >= 4 is 11.7 Å². The Kier molecular flexibility index (Phi) is 4.09. The standard InChI is InChI=1S/C13H19N5O/c1-4-5-6-12(19)14-8-11-16-17-13-15-9(2)7-10(3)18(11)13/h7H,4-6,8H2,1-3H3,(H,14,19). The van der Waals surface area contributed by atoms with E-state index in [1.807, 2.05) is 24.3 Å². The minimum atomic E-state index is 0.0522. The van der Waals surface area contributed by atoms with Crippen molar-refractivity contribution in [2.75, 3.05) is 0 Å². The van der Waals surface area contributed by atoms with E-state index in [4.69, 9.17) is 0 Å². The maximum absolute atomic E-state index is 11.6. The van der Waals surface area contributed by atoms with Crippen LogP contribution in [0.3, 0.4) is 0 Å². The van der Waals surface area contributed by atoms with Crippen molar-refractivity contribution in [3.63, 3.8) is 0 Å². The first-order chi connectivity index (χ1) is 9.11. The van der Waals surface area contributed by atoms with Crippen LogP contribution >= 0.6 is 0 Å². The van der Waals surface area contributed by atoms with Gasteiger partial charge in [0.05, 0.1) is 6.54 Å². The molecule has 6 nitrogen and oxygen atoms in total. The first kappa shape index (κ1) is 13.5. The molecule has 0 unspecified atom stereocenters. The van der Waals surface area contributed by atoms with E-state index in [0.717, 1.165) is 24.2 Å². The summed E-state index contributed by atoms with van der Waals surface area (Å²) in [5.41, 5.74) is 1.93. The second-order valence-corrected chi connectivity index (χ2v) is 4.67. The zero-order valence-corrected chi connectivity index (χ0v) is 11.6. The maximum atomic E-state index is 11.6. The molecular formula is C13H19N5O. The van der Waals surface area contributed by atoms with Crippen molar-refractivity contribution in [1.29, 1.82) is 0 Å². The summed E-state index contributed by atoms with van der Waals surface area (Å²) in [6, 6.07) is 1.97. The van der Waals surface area contributed by atoms with E-state index in [1.54, 1.807) is 0 Å². The summed E-state index contributed by atoms with van der Waals surface area (Å²) in [5.74, 6) is 1.34. The fourth-order valence-corrected chi connectivity index (χ4v) is 2.02. The van der Waals surface area contributed by atoms with Crippen molar-refractivity contribution in [2.24, 2.45) is 0 Å². The highest BCUT2D eigenvalue weighted by Crippen LogP contribution is 2.07. The van der Waals surface area contributed by atoms with E-state index in [0.29, 0.717) is 24.6 Å². The monoisotopic (exact) mass is 261 g/mol. The molecule has 0 bridgehead atoms. The largest absolute Gasteiger partial charge is 0.349 e. The summed E-state index contributed by atoms with van der Waals surface area (Å²) >= 11 is 0. The summed E-state index contributed by atoms with van der Waals surface area (Å²) < 4.78 is 1.87. The van der Waals surface area contributed by atoms with Crippen molar-refractivity contribution < 1.29 is 4.79 Å². The summed E-state index contributed by atoms with van der Waals surface area (Å²) in [7, 11) is 0. The number of amides is 1. The summed E-state index contributed by atoms with van der Waals surface area (Å²) in [5, 5.41) is 11.0. The lowest BCUT2D eigenvalue weighted by Gasteiger charge is -2.06. The third kappa shape index (κ3) is 3.07. The second-order valence-electron chi connectivity index (χ2n) is 4.67. The molecule has 0 aliphatic heterocycles. The van der Waals surface area contributed by atoms with Crippen LogP contribution < -0.4 is 5.32 Å². The Morgan fingerprint density at radius 1 is 1.37 bits per heavy atom. The third-order valence-corrected chi connectivity index (χ3v) is 2.96. The first-order valence-corrected chi connectivity index (χ1v) is 6.56. The highest BCUT2D eigenvalue weighted by Gasteiger charge is 2.10. The van der Waals surface area contributed by atoms with Crippen LogP contribution in [0.25, 0.3) is 5.78 Å². The van der Waals surface area contributed by atoms with E-state index < -0.39 is 0 Å². The molecule has 0 aliphatic carbocycles. The molecule has 1 amide bonds. The molecule has 6 heteroatoms. The van der Waals surface area contributed by atoms with Crippen LogP contribution in [0.2, 0.25) is 0 Å². The van der Waals surface area contributed by atoms with Gasteiger partial charge in [-0.1, -0.05) is 13.3 Å². The molecule has 0 atom stereocenters. The van der Waals surface area contributed by atoms with Crippen molar-refractivity contribution in [3.05, 3.63) is 23.3 Å². The van der Waals surface area contributed by atoms with Gasteiger partial charge in [0, 0.05) is 17.8 Å². The number of carbonyl (C=O) groups is 1. The SMILES string of the molecule is CCCCC(=O)NCc1nnc2nc(C)cc(C)n12. The van der Waals surface area contributed by atoms with Gasteiger partial charge in [0.15, 0.2) is 5.82 Å². The molecule has 102 valence electrons. The van der Waals surface area contributed by atoms with Gasteiger partial charge < -0.3 is 5.32 Å². The Bertz CT molecular complexity index is 590. The summed E-state index contributed by atoms with van der Waals surface area (Å²) in [6.45, 7) is 6.35. The molecule has 0 aliphatic rings. The molecule has 0 fully saturated rings. The molecule has 2 aromatic heterocycles. The van der Waals surface area contributed by atoms with Gasteiger partial charge in [-0.25, -0.2) is 4.98 Å². The van der Waals surface area contributed by atoms with E-state index in [-0.39, 0.29) is 5.91 Å². The summed E-state index contributed by atoms with van der Waals surface area (Å²) in [4.78, 5) is 15.9. The number of carbonyl (C=O) groups excluding carboxylic acids is 1. The Morgan fingerprint density at radius 3 is 2.89 bits per heavy atom. The molecular weight excluding hydrogens is 242 g/mol.